The number of amides is 2. The summed E-state index contributed by atoms with van der Waals surface area (Å²) < 4.78 is 7.13. The highest BCUT2D eigenvalue weighted by Gasteiger charge is 2.60. The maximum absolute atomic E-state index is 13.3. The number of nitrogens with one attached hydrogen (secondary N) is 1. The summed E-state index contributed by atoms with van der Waals surface area (Å²) in [4.78, 5) is 28.3. The van der Waals surface area contributed by atoms with Crippen LogP contribution in [0.5, 0.6) is 0 Å². The smallest absolute Gasteiger partial charge is 0.254 e. The summed E-state index contributed by atoms with van der Waals surface area (Å²) in [5, 5.41) is 7.30. The number of para-hydroxylation sites is 1. The molecule has 27 heavy (non-hydrogen) atoms. The number of aryl methyl sites for hydroxylation is 1. The maximum atomic E-state index is 13.3. The zero-order chi connectivity index (χ0) is 19.4. The number of rotatable bonds is 3. The first kappa shape index (κ1) is 17.7. The molecule has 2 aliphatic rings. The molecule has 2 atom stereocenters. The minimum absolute atomic E-state index is 0.0666. The Labute approximate surface area is 158 Å². The lowest BCUT2D eigenvalue weighted by atomic mass is 9.73. The first-order valence-corrected chi connectivity index (χ1v) is 9.07. The predicted octanol–water partition coefficient (Wildman–Crippen LogP) is 2.01. The third kappa shape index (κ3) is 2.41. The summed E-state index contributed by atoms with van der Waals surface area (Å²) >= 11 is 0. The lowest BCUT2D eigenvalue weighted by molar-refractivity contribution is -0.152. The number of fused-ring (bicyclic) bond motifs is 2. The Bertz CT molecular complexity index is 919. The second-order valence-electron chi connectivity index (χ2n) is 7.78. The average Bonchev–Trinajstić information content (AvgIpc) is 3.32. The van der Waals surface area contributed by atoms with Crippen LogP contribution in [0, 0.1) is 0 Å². The Hall–Kier alpha value is -2.67. The van der Waals surface area contributed by atoms with Crippen molar-refractivity contribution >= 4 is 17.5 Å². The molecule has 0 aliphatic carbocycles. The molecule has 1 aromatic carbocycles. The van der Waals surface area contributed by atoms with Gasteiger partial charge in [0, 0.05) is 38.1 Å². The highest BCUT2D eigenvalue weighted by molar-refractivity contribution is 6.08. The zero-order valence-corrected chi connectivity index (χ0v) is 16.0. The van der Waals surface area contributed by atoms with Crippen molar-refractivity contribution in [1.29, 1.82) is 0 Å². The van der Waals surface area contributed by atoms with E-state index in [1.165, 1.54) is 7.11 Å². The summed E-state index contributed by atoms with van der Waals surface area (Å²) in [5.41, 5.74) is 0.813. The molecular weight excluding hydrogens is 344 g/mol. The molecule has 2 aliphatic heterocycles. The number of anilines is 1. The molecule has 4 rings (SSSR count). The van der Waals surface area contributed by atoms with Gasteiger partial charge in [-0.3, -0.25) is 14.3 Å². The van der Waals surface area contributed by atoms with E-state index < -0.39 is 17.1 Å². The number of methoxy groups -OCH3 is 1. The van der Waals surface area contributed by atoms with Crippen LogP contribution in [-0.4, -0.2) is 45.8 Å². The van der Waals surface area contributed by atoms with Crippen LogP contribution in [0.2, 0.25) is 0 Å². The minimum Gasteiger partial charge on any atom is -0.369 e. The largest absolute Gasteiger partial charge is 0.369 e. The van der Waals surface area contributed by atoms with Crippen molar-refractivity contribution in [2.45, 2.75) is 37.3 Å². The molecule has 142 valence electrons. The molecule has 1 saturated heterocycles. The lowest BCUT2D eigenvalue weighted by Crippen LogP contribution is -2.49. The number of carbonyl (C=O) groups excluding carboxylic acids is 2. The van der Waals surface area contributed by atoms with Gasteiger partial charge in [-0.25, -0.2) is 0 Å². The van der Waals surface area contributed by atoms with E-state index in [-0.39, 0.29) is 11.8 Å². The molecule has 2 amide bonds. The van der Waals surface area contributed by atoms with Crippen LogP contribution < -0.4 is 5.32 Å². The molecule has 1 spiro atoms. The summed E-state index contributed by atoms with van der Waals surface area (Å²) in [6, 6.07) is 7.29. The molecular formula is C20H24N4O3. The second kappa shape index (κ2) is 5.92. The summed E-state index contributed by atoms with van der Waals surface area (Å²) in [6.07, 6.45) is 4.18. The van der Waals surface area contributed by atoms with Crippen molar-refractivity contribution in [1.82, 2.24) is 14.7 Å². The normalized spacial score (nSPS) is 24.4. The van der Waals surface area contributed by atoms with E-state index >= 15 is 0 Å². The van der Waals surface area contributed by atoms with E-state index in [4.69, 9.17) is 4.74 Å². The standard InChI is InChI=1S/C20H24N4O3/c1-19(2,27-4)18(26)24-10-9-20(16(24)13-11-21-23(3)12-13)14-7-5-6-8-15(14)22-17(20)25/h5-8,11-12,16H,9-10H2,1-4H3,(H,22,25)/t16-,20+/m0/s1. The van der Waals surface area contributed by atoms with E-state index in [0.29, 0.717) is 13.0 Å². The molecule has 1 fully saturated rings. The Kier molecular flexibility index (Phi) is 3.89. The molecule has 0 radical (unpaired) electrons. The number of likely N-dealkylation sites (tertiary alicyclic amines) is 1. The van der Waals surface area contributed by atoms with Gasteiger partial charge >= 0.3 is 0 Å². The van der Waals surface area contributed by atoms with E-state index in [2.05, 4.69) is 10.4 Å². The fourth-order valence-corrected chi connectivity index (χ4v) is 4.38. The van der Waals surface area contributed by atoms with Gasteiger partial charge in [0.15, 0.2) is 0 Å². The number of hydrogen-bond acceptors (Lipinski definition) is 4. The van der Waals surface area contributed by atoms with Gasteiger partial charge in [-0.15, -0.1) is 0 Å². The number of nitrogens with zero attached hydrogens (tertiary/aromatic N) is 3. The van der Waals surface area contributed by atoms with Crippen LogP contribution in [0.25, 0.3) is 0 Å². The van der Waals surface area contributed by atoms with Gasteiger partial charge in [-0.1, -0.05) is 18.2 Å². The summed E-state index contributed by atoms with van der Waals surface area (Å²) in [5.74, 6) is -0.198. The molecule has 7 heteroatoms. The number of hydrogen-bond donors (Lipinski definition) is 1. The molecule has 0 unspecified atom stereocenters. The van der Waals surface area contributed by atoms with Gasteiger partial charge in [-0.2, -0.15) is 5.10 Å². The van der Waals surface area contributed by atoms with Crippen molar-refractivity contribution in [3.05, 3.63) is 47.8 Å². The fourth-order valence-electron chi connectivity index (χ4n) is 4.38. The Morgan fingerprint density at radius 3 is 2.78 bits per heavy atom. The van der Waals surface area contributed by atoms with E-state index in [9.17, 15) is 9.59 Å². The number of benzene rings is 1. The minimum atomic E-state index is -0.972. The average molecular weight is 368 g/mol. The van der Waals surface area contributed by atoms with E-state index in [1.807, 2.05) is 37.5 Å². The van der Waals surface area contributed by atoms with Crippen molar-refractivity contribution in [2.75, 3.05) is 19.0 Å². The van der Waals surface area contributed by atoms with Crippen LogP contribution in [0.15, 0.2) is 36.7 Å². The molecule has 1 aromatic heterocycles. The quantitative estimate of drug-likeness (QED) is 0.899. The maximum Gasteiger partial charge on any atom is 0.254 e. The third-order valence-corrected chi connectivity index (χ3v) is 5.91. The monoisotopic (exact) mass is 368 g/mol. The van der Waals surface area contributed by atoms with Crippen molar-refractivity contribution in [2.24, 2.45) is 7.05 Å². The number of aromatic nitrogens is 2. The first-order valence-electron chi connectivity index (χ1n) is 9.07. The van der Waals surface area contributed by atoms with Gasteiger partial charge in [0.2, 0.25) is 5.91 Å². The molecule has 0 saturated carbocycles. The highest BCUT2D eigenvalue weighted by atomic mass is 16.5. The molecule has 3 heterocycles. The topological polar surface area (TPSA) is 76.5 Å². The van der Waals surface area contributed by atoms with Gasteiger partial charge in [0.1, 0.15) is 11.0 Å². The first-order chi connectivity index (χ1) is 12.8. The highest BCUT2D eigenvalue weighted by Crippen LogP contribution is 2.55. The molecule has 2 aromatic rings. The van der Waals surface area contributed by atoms with Crippen LogP contribution in [0.3, 0.4) is 0 Å². The lowest BCUT2D eigenvalue weighted by Gasteiger charge is -2.36. The van der Waals surface area contributed by atoms with E-state index in [1.54, 1.807) is 29.6 Å². The van der Waals surface area contributed by atoms with Crippen LogP contribution in [-0.2, 0) is 26.8 Å². The van der Waals surface area contributed by atoms with Gasteiger partial charge in [0.25, 0.3) is 5.91 Å². The fraction of sp³-hybridized carbons (Fsp3) is 0.450. The summed E-state index contributed by atoms with van der Waals surface area (Å²) in [6.45, 7) is 3.99. The van der Waals surface area contributed by atoms with Crippen LogP contribution in [0.1, 0.15) is 37.4 Å². The SMILES string of the molecule is COC(C)(C)C(=O)N1CC[C@]2(C(=O)Nc3ccccc32)[C@@H]1c1cnn(C)c1. The van der Waals surface area contributed by atoms with Crippen molar-refractivity contribution in [3.8, 4) is 0 Å². The van der Waals surface area contributed by atoms with E-state index in [0.717, 1.165) is 16.8 Å². The molecule has 7 nitrogen and oxygen atoms in total. The van der Waals surface area contributed by atoms with Gasteiger partial charge in [0.05, 0.1) is 12.2 Å². The third-order valence-electron chi connectivity index (χ3n) is 5.91. The summed E-state index contributed by atoms with van der Waals surface area (Å²) in [7, 11) is 3.36. The zero-order valence-electron chi connectivity index (χ0n) is 16.0. The molecule has 0 bridgehead atoms. The van der Waals surface area contributed by atoms with Crippen LogP contribution in [0.4, 0.5) is 5.69 Å². The van der Waals surface area contributed by atoms with Crippen LogP contribution >= 0.6 is 0 Å². The van der Waals surface area contributed by atoms with Gasteiger partial charge < -0.3 is 15.0 Å². The molecule has 1 N–H and O–H groups in total. The number of ether oxygens (including phenoxy) is 1. The van der Waals surface area contributed by atoms with Gasteiger partial charge in [-0.05, 0) is 31.9 Å². The Balaban J connectivity index is 1.89. The van der Waals surface area contributed by atoms with Crippen molar-refractivity contribution < 1.29 is 14.3 Å². The number of carbonyl (C=O) groups is 2. The Morgan fingerprint density at radius 1 is 1.37 bits per heavy atom. The predicted molar refractivity (Wildman–Crippen MR) is 100 cm³/mol. The Morgan fingerprint density at radius 2 is 2.11 bits per heavy atom. The van der Waals surface area contributed by atoms with Crippen molar-refractivity contribution in [3.63, 3.8) is 0 Å². The second-order valence-corrected chi connectivity index (χ2v) is 7.78.